The van der Waals surface area contributed by atoms with E-state index in [1.165, 1.54) is 16.5 Å². The Balaban J connectivity index is 1.10. The van der Waals surface area contributed by atoms with E-state index in [1.54, 1.807) is 12.4 Å². The summed E-state index contributed by atoms with van der Waals surface area (Å²) >= 11 is 0. The number of rotatable bonds is 9. The average molecular weight is 507 g/mol. The molecule has 1 unspecified atom stereocenters. The van der Waals surface area contributed by atoms with Crippen LogP contribution in [-0.4, -0.2) is 64.4 Å². The summed E-state index contributed by atoms with van der Waals surface area (Å²) in [5, 5.41) is 1.35. The lowest BCUT2D eigenvalue weighted by atomic mass is 9.96. The third kappa shape index (κ3) is 6.29. The molecule has 0 saturated carbocycles. The highest BCUT2D eigenvalue weighted by atomic mass is 16.8. The zero-order valence-corrected chi connectivity index (χ0v) is 21.9. The van der Waals surface area contributed by atoms with Crippen LogP contribution in [0.2, 0.25) is 0 Å². The molecule has 1 atom stereocenters. The van der Waals surface area contributed by atoms with Gasteiger partial charge in [-0.15, -0.1) is 0 Å². The number of fused-ring (bicyclic) bond motifs is 1. The lowest BCUT2D eigenvalue weighted by molar-refractivity contribution is -0.186. The molecule has 0 aliphatic carbocycles. The van der Waals surface area contributed by atoms with Crippen molar-refractivity contribution in [1.82, 2.24) is 24.9 Å². The number of aryl methyl sites for hydroxylation is 1. The molecule has 1 amide bonds. The van der Waals surface area contributed by atoms with Crippen LogP contribution in [0.1, 0.15) is 54.9 Å². The van der Waals surface area contributed by atoms with Gasteiger partial charge in [0.15, 0.2) is 6.29 Å². The standard InChI is InChI=1S/C28H38N6O3/c1-3-33(20-23-19-32(2)25-9-5-4-8-24(23)25)18-21-11-13-34(14-12-21)28-29-16-22(17-30-28)27(35)31-37-26-10-6-7-15-36-26/h4-5,8-9,16-17,19,21,26H,3,6-7,10-15,18,20H2,1-2H3,(H,31,35). The maximum absolute atomic E-state index is 12.4. The van der Waals surface area contributed by atoms with Crippen LogP contribution < -0.4 is 10.4 Å². The lowest BCUT2D eigenvalue weighted by Gasteiger charge is -2.34. The third-order valence-electron chi connectivity index (χ3n) is 7.56. The van der Waals surface area contributed by atoms with E-state index >= 15 is 0 Å². The van der Waals surface area contributed by atoms with Crippen molar-refractivity contribution < 1.29 is 14.4 Å². The van der Waals surface area contributed by atoms with Crippen LogP contribution in [0.25, 0.3) is 10.9 Å². The van der Waals surface area contributed by atoms with Gasteiger partial charge in [-0.05, 0) is 49.8 Å². The zero-order chi connectivity index (χ0) is 25.6. The van der Waals surface area contributed by atoms with Crippen molar-refractivity contribution in [2.75, 3.05) is 37.7 Å². The quantitative estimate of drug-likeness (QED) is 0.441. The van der Waals surface area contributed by atoms with Crippen LogP contribution in [-0.2, 0) is 23.2 Å². The summed E-state index contributed by atoms with van der Waals surface area (Å²) in [7, 11) is 2.12. The lowest BCUT2D eigenvalue weighted by Crippen LogP contribution is -2.39. The first-order chi connectivity index (χ1) is 18.1. The van der Waals surface area contributed by atoms with Gasteiger partial charge in [-0.2, -0.15) is 0 Å². The SMILES string of the molecule is CCN(Cc1cn(C)c2ccccc12)CC1CCN(c2ncc(C(=O)NOC3CCCCO3)cn2)CC1. The molecule has 37 heavy (non-hydrogen) atoms. The zero-order valence-electron chi connectivity index (χ0n) is 21.9. The number of hydroxylamine groups is 1. The van der Waals surface area contributed by atoms with E-state index in [9.17, 15) is 4.79 Å². The van der Waals surface area contributed by atoms with E-state index in [4.69, 9.17) is 9.57 Å². The van der Waals surface area contributed by atoms with E-state index in [1.807, 2.05) is 0 Å². The van der Waals surface area contributed by atoms with Crippen molar-refractivity contribution in [3.8, 4) is 0 Å². The summed E-state index contributed by atoms with van der Waals surface area (Å²) < 4.78 is 7.70. The first kappa shape index (κ1) is 25.6. The molecule has 9 heteroatoms. The van der Waals surface area contributed by atoms with Crippen molar-refractivity contribution in [1.29, 1.82) is 0 Å². The largest absolute Gasteiger partial charge is 0.350 e. The van der Waals surface area contributed by atoms with Gasteiger partial charge in [0.2, 0.25) is 5.95 Å². The number of ether oxygens (including phenoxy) is 1. The first-order valence-electron chi connectivity index (χ1n) is 13.5. The number of carbonyl (C=O) groups excluding carboxylic acids is 1. The fourth-order valence-corrected chi connectivity index (χ4v) is 5.36. The monoisotopic (exact) mass is 506 g/mol. The third-order valence-corrected chi connectivity index (χ3v) is 7.56. The van der Waals surface area contributed by atoms with E-state index in [0.717, 1.165) is 64.8 Å². The average Bonchev–Trinajstić information content (AvgIpc) is 3.27. The Labute approximate surface area is 218 Å². The van der Waals surface area contributed by atoms with Gasteiger partial charge in [-0.25, -0.2) is 20.3 Å². The topological polar surface area (TPSA) is 84.8 Å². The van der Waals surface area contributed by atoms with E-state index < -0.39 is 0 Å². The van der Waals surface area contributed by atoms with Crippen LogP contribution in [0.5, 0.6) is 0 Å². The maximum atomic E-state index is 12.4. The molecule has 1 aromatic carbocycles. The molecule has 2 aliphatic rings. The molecule has 198 valence electrons. The minimum Gasteiger partial charge on any atom is -0.350 e. The Morgan fingerprint density at radius 2 is 1.95 bits per heavy atom. The van der Waals surface area contributed by atoms with Crippen molar-refractivity contribution >= 4 is 22.8 Å². The molecule has 9 nitrogen and oxygen atoms in total. The summed E-state index contributed by atoms with van der Waals surface area (Å²) in [4.78, 5) is 31.4. The highest BCUT2D eigenvalue weighted by Crippen LogP contribution is 2.25. The minimum absolute atomic E-state index is 0.356. The second kappa shape index (κ2) is 12.0. The first-order valence-corrected chi connectivity index (χ1v) is 13.5. The predicted octanol–water partition coefficient (Wildman–Crippen LogP) is 3.89. The molecule has 0 spiro atoms. The number of nitrogens with zero attached hydrogens (tertiary/aromatic N) is 5. The summed E-state index contributed by atoms with van der Waals surface area (Å²) in [5.41, 5.74) is 5.52. The Bertz CT molecular complexity index is 1170. The van der Waals surface area contributed by atoms with Crippen molar-refractivity contribution in [2.24, 2.45) is 13.0 Å². The normalized spacial score (nSPS) is 19.0. The molecular formula is C28H38N6O3. The van der Waals surface area contributed by atoms with Crippen LogP contribution in [0.3, 0.4) is 0 Å². The smallest absolute Gasteiger partial charge is 0.278 e. The van der Waals surface area contributed by atoms with Gasteiger partial charge in [0.25, 0.3) is 5.91 Å². The van der Waals surface area contributed by atoms with E-state index in [0.29, 0.717) is 24.0 Å². The number of piperidine rings is 1. The highest BCUT2D eigenvalue weighted by Gasteiger charge is 2.24. The van der Waals surface area contributed by atoms with Gasteiger partial charge in [-0.1, -0.05) is 25.1 Å². The van der Waals surface area contributed by atoms with Crippen LogP contribution in [0.15, 0.2) is 42.9 Å². The van der Waals surface area contributed by atoms with Crippen LogP contribution in [0, 0.1) is 5.92 Å². The Morgan fingerprint density at radius 3 is 2.68 bits per heavy atom. The molecule has 2 aliphatic heterocycles. The molecule has 2 saturated heterocycles. The molecular weight excluding hydrogens is 468 g/mol. The number of hydrogen-bond donors (Lipinski definition) is 1. The predicted molar refractivity (Wildman–Crippen MR) is 143 cm³/mol. The maximum Gasteiger partial charge on any atom is 0.278 e. The van der Waals surface area contributed by atoms with Crippen LogP contribution >= 0.6 is 0 Å². The van der Waals surface area contributed by atoms with Gasteiger partial charge in [0, 0.05) is 75.7 Å². The molecule has 5 rings (SSSR count). The summed E-state index contributed by atoms with van der Waals surface area (Å²) in [6, 6.07) is 8.64. The van der Waals surface area contributed by atoms with Crippen LogP contribution in [0.4, 0.5) is 5.95 Å². The molecule has 2 aromatic heterocycles. The summed E-state index contributed by atoms with van der Waals surface area (Å²) in [6.45, 7) is 7.86. The molecule has 0 bridgehead atoms. The molecule has 0 radical (unpaired) electrons. The fourth-order valence-electron chi connectivity index (χ4n) is 5.36. The number of aromatic nitrogens is 3. The second-order valence-electron chi connectivity index (χ2n) is 10.2. The number of nitrogens with one attached hydrogen (secondary N) is 1. The van der Waals surface area contributed by atoms with Gasteiger partial charge in [0.1, 0.15) is 0 Å². The van der Waals surface area contributed by atoms with Crippen molar-refractivity contribution in [2.45, 2.75) is 51.9 Å². The van der Waals surface area contributed by atoms with Gasteiger partial charge >= 0.3 is 0 Å². The van der Waals surface area contributed by atoms with Crippen molar-refractivity contribution in [3.63, 3.8) is 0 Å². The number of hydrogen-bond acceptors (Lipinski definition) is 7. The van der Waals surface area contributed by atoms with Gasteiger partial charge < -0.3 is 14.2 Å². The number of amides is 1. The fraction of sp³-hybridized carbons (Fsp3) is 0.536. The molecule has 1 N–H and O–H groups in total. The number of anilines is 1. The second-order valence-corrected chi connectivity index (χ2v) is 10.2. The number of benzene rings is 1. The van der Waals surface area contributed by atoms with E-state index in [-0.39, 0.29) is 12.2 Å². The van der Waals surface area contributed by atoms with Crippen molar-refractivity contribution in [3.05, 3.63) is 54.0 Å². The summed E-state index contributed by atoms with van der Waals surface area (Å²) in [5.74, 6) is 0.968. The highest BCUT2D eigenvalue weighted by molar-refractivity contribution is 5.92. The molecule has 4 heterocycles. The van der Waals surface area contributed by atoms with Gasteiger partial charge in [-0.3, -0.25) is 9.69 Å². The molecule has 2 fully saturated rings. The number of carbonyl (C=O) groups is 1. The van der Waals surface area contributed by atoms with E-state index in [2.05, 4.69) is 74.2 Å². The minimum atomic E-state index is -0.380. The molecule has 3 aromatic rings. The summed E-state index contributed by atoms with van der Waals surface area (Å²) in [6.07, 6.45) is 10.1. The van der Waals surface area contributed by atoms with Gasteiger partial charge in [0.05, 0.1) is 5.56 Å². The Kier molecular flexibility index (Phi) is 8.33. The number of para-hydroxylation sites is 1. The Hall–Kier alpha value is -3.01. The Morgan fingerprint density at radius 1 is 1.16 bits per heavy atom.